The lowest BCUT2D eigenvalue weighted by molar-refractivity contribution is -0.114. The topological polar surface area (TPSA) is 66.5 Å². The average molecular weight is 415 g/mol. The van der Waals surface area contributed by atoms with Crippen molar-refractivity contribution in [3.05, 3.63) is 89.4 Å². The number of sulfonamides is 1. The number of anilines is 2. The highest BCUT2D eigenvalue weighted by Crippen LogP contribution is 2.30. The molecule has 3 aromatic rings. The van der Waals surface area contributed by atoms with Crippen LogP contribution in [0, 0.1) is 6.92 Å². The molecule has 0 heterocycles. The van der Waals surface area contributed by atoms with Crippen molar-refractivity contribution in [3.8, 4) is 0 Å². The fourth-order valence-corrected chi connectivity index (χ4v) is 4.46. The van der Waals surface area contributed by atoms with Crippen molar-refractivity contribution >= 4 is 38.9 Å². The van der Waals surface area contributed by atoms with Gasteiger partial charge in [-0.1, -0.05) is 60.1 Å². The first kappa shape index (κ1) is 19.9. The minimum Gasteiger partial charge on any atom is -0.324 e. The summed E-state index contributed by atoms with van der Waals surface area (Å²) in [5.74, 6) is -0.464. The number of carbonyl (C=O) groups excluding carboxylic acids is 1. The van der Waals surface area contributed by atoms with E-state index in [4.69, 9.17) is 11.6 Å². The summed E-state index contributed by atoms with van der Waals surface area (Å²) in [6, 6.07) is 21.8. The summed E-state index contributed by atoms with van der Waals surface area (Å²) in [5, 5.41) is 3.01. The summed E-state index contributed by atoms with van der Waals surface area (Å²) in [4.78, 5) is 12.8. The molecule has 144 valence electrons. The lowest BCUT2D eigenvalue weighted by Gasteiger charge is -2.25. The summed E-state index contributed by atoms with van der Waals surface area (Å²) >= 11 is 6.24. The predicted octanol–water partition coefficient (Wildman–Crippen LogP) is 4.48. The number of nitrogens with one attached hydrogen (secondary N) is 1. The molecular formula is C21H19ClN2O3S. The van der Waals surface area contributed by atoms with E-state index in [0.29, 0.717) is 5.69 Å². The largest absolute Gasteiger partial charge is 0.324 e. The van der Waals surface area contributed by atoms with E-state index in [1.54, 1.807) is 54.6 Å². The molecule has 0 radical (unpaired) electrons. The van der Waals surface area contributed by atoms with Crippen LogP contribution in [-0.4, -0.2) is 20.9 Å². The van der Waals surface area contributed by atoms with Crippen LogP contribution in [0.4, 0.5) is 11.4 Å². The minimum atomic E-state index is -3.99. The SMILES string of the molecule is Cc1ccccc1NC(=O)CN(c1ccccc1Cl)S(=O)(=O)c1ccccc1. The maximum atomic E-state index is 13.2. The van der Waals surface area contributed by atoms with E-state index >= 15 is 0 Å². The van der Waals surface area contributed by atoms with E-state index in [1.165, 1.54) is 12.1 Å². The Bertz CT molecular complexity index is 1090. The molecule has 0 aromatic heterocycles. The van der Waals surface area contributed by atoms with Crippen molar-refractivity contribution in [2.24, 2.45) is 0 Å². The maximum Gasteiger partial charge on any atom is 0.264 e. The van der Waals surface area contributed by atoms with Gasteiger partial charge in [0.25, 0.3) is 10.0 Å². The van der Waals surface area contributed by atoms with Gasteiger partial charge in [-0.05, 0) is 42.8 Å². The van der Waals surface area contributed by atoms with E-state index in [2.05, 4.69) is 5.32 Å². The number of hydrogen-bond donors (Lipinski definition) is 1. The second kappa shape index (κ2) is 8.46. The highest BCUT2D eigenvalue weighted by atomic mass is 35.5. The second-order valence-corrected chi connectivity index (χ2v) is 8.41. The van der Waals surface area contributed by atoms with E-state index in [1.807, 2.05) is 19.1 Å². The van der Waals surface area contributed by atoms with Crippen LogP contribution in [0.25, 0.3) is 0 Å². The molecule has 0 saturated carbocycles. The van der Waals surface area contributed by atoms with Gasteiger partial charge in [-0.25, -0.2) is 8.42 Å². The fraction of sp³-hybridized carbons (Fsp3) is 0.0952. The first-order valence-electron chi connectivity index (χ1n) is 8.57. The molecular weight excluding hydrogens is 396 g/mol. The lowest BCUT2D eigenvalue weighted by atomic mass is 10.2. The molecule has 7 heteroatoms. The zero-order valence-corrected chi connectivity index (χ0v) is 16.7. The van der Waals surface area contributed by atoms with Crippen LogP contribution in [0.3, 0.4) is 0 Å². The van der Waals surface area contributed by atoms with Crippen LogP contribution in [0.2, 0.25) is 5.02 Å². The molecule has 0 unspecified atom stereocenters. The Morgan fingerprint density at radius 3 is 2.21 bits per heavy atom. The highest BCUT2D eigenvalue weighted by Gasteiger charge is 2.28. The number of nitrogens with zero attached hydrogens (tertiary/aromatic N) is 1. The van der Waals surface area contributed by atoms with Gasteiger partial charge < -0.3 is 5.32 Å². The van der Waals surface area contributed by atoms with Gasteiger partial charge >= 0.3 is 0 Å². The molecule has 0 spiro atoms. The van der Waals surface area contributed by atoms with E-state index in [-0.39, 0.29) is 15.6 Å². The van der Waals surface area contributed by atoms with Crippen molar-refractivity contribution in [3.63, 3.8) is 0 Å². The minimum absolute atomic E-state index is 0.0820. The standard InChI is InChI=1S/C21H19ClN2O3S/c1-16-9-5-7-13-19(16)23-21(25)15-24(20-14-8-6-12-18(20)22)28(26,27)17-10-3-2-4-11-17/h2-14H,15H2,1H3,(H,23,25). The van der Waals surface area contributed by atoms with Crippen LogP contribution in [0.5, 0.6) is 0 Å². The molecule has 0 fully saturated rings. The summed E-state index contributed by atoms with van der Waals surface area (Å²) in [7, 11) is -3.99. The quantitative estimate of drug-likeness (QED) is 0.646. The van der Waals surface area contributed by atoms with Crippen molar-refractivity contribution in [1.82, 2.24) is 0 Å². The zero-order chi connectivity index (χ0) is 20.1. The molecule has 3 rings (SSSR count). The van der Waals surface area contributed by atoms with Crippen molar-refractivity contribution in [1.29, 1.82) is 0 Å². The summed E-state index contributed by atoms with van der Waals surface area (Å²) < 4.78 is 27.5. The van der Waals surface area contributed by atoms with Gasteiger partial charge in [0.1, 0.15) is 6.54 Å². The average Bonchev–Trinajstić information content (AvgIpc) is 2.69. The maximum absolute atomic E-state index is 13.2. The number of carbonyl (C=O) groups is 1. The van der Waals surface area contributed by atoms with Crippen LogP contribution in [-0.2, 0) is 14.8 Å². The molecule has 0 atom stereocenters. The summed E-state index contributed by atoms with van der Waals surface area (Å²) in [6.07, 6.45) is 0. The highest BCUT2D eigenvalue weighted by molar-refractivity contribution is 7.92. The Hall–Kier alpha value is -2.83. The number of rotatable bonds is 6. The predicted molar refractivity (Wildman–Crippen MR) is 112 cm³/mol. The van der Waals surface area contributed by atoms with Gasteiger partial charge in [0.15, 0.2) is 0 Å². The molecule has 0 saturated heterocycles. The molecule has 0 bridgehead atoms. The number of amides is 1. The van der Waals surface area contributed by atoms with Crippen LogP contribution in [0.1, 0.15) is 5.56 Å². The number of halogens is 1. The number of aryl methyl sites for hydroxylation is 1. The third-order valence-corrected chi connectivity index (χ3v) is 6.25. The van der Waals surface area contributed by atoms with Crippen molar-refractivity contribution in [2.45, 2.75) is 11.8 Å². The third kappa shape index (κ3) is 4.35. The van der Waals surface area contributed by atoms with Crippen LogP contribution >= 0.6 is 11.6 Å². The van der Waals surface area contributed by atoms with Gasteiger partial charge in [-0.15, -0.1) is 0 Å². The van der Waals surface area contributed by atoms with Crippen LogP contribution in [0.15, 0.2) is 83.8 Å². The van der Waals surface area contributed by atoms with E-state index < -0.39 is 22.5 Å². The molecule has 3 aromatic carbocycles. The fourth-order valence-electron chi connectivity index (χ4n) is 2.71. The van der Waals surface area contributed by atoms with Gasteiger partial charge in [0, 0.05) is 5.69 Å². The van der Waals surface area contributed by atoms with E-state index in [9.17, 15) is 13.2 Å². The Morgan fingerprint density at radius 1 is 0.929 bits per heavy atom. The van der Waals surface area contributed by atoms with Gasteiger partial charge in [0.2, 0.25) is 5.91 Å². The van der Waals surface area contributed by atoms with Gasteiger partial charge in [-0.3, -0.25) is 9.10 Å². The molecule has 5 nitrogen and oxygen atoms in total. The summed E-state index contributed by atoms with van der Waals surface area (Å²) in [6.45, 7) is 1.46. The molecule has 28 heavy (non-hydrogen) atoms. The number of hydrogen-bond acceptors (Lipinski definition) is 3. The second-order valence-electron chi connectivity index (χ2n) is 6.14. The first-order valence-corrected chi connectivity index (χ1v) is 10.4. The molecule has 0 aliphatic carbocycles. The first-order chi connectivity index (χ1) is 13.4. The Kier molecular flexibility index (Phi) is 6.02. The normalized spacial score (nSPS) is 11.1. The Balaban J connectivity index is 1.97. The lowest BCUT2D eigenvalue weighted by Crippen LogP contribution is -2.38. The monoisotopic (exact) mass is 414 g/mol. The molecule has 1 N–H and O–H groups in total. The Labute approximate surface area is 169 Å². The number of para-hydroxylation sites is 2. The zero-order valence-electron chi connectivity index (χ0n) is 15.2. The summed E-state index contributed by atoms with van der Waals surface area (Å²) in [5.41, 5.74) is 1.75. The van der Waals surface area contributed by atoms with Gasteiger partial charge in [0.05, 0.1) is 15.6 Å². The van der Waals surface area contributed by atoms with Crippen LogP contribution < -0.4 is 9.62 Å². The van der Waals surface area contributed by atoms with Gasteiger partial charge in [-0.2, -0.15) is 0 Å². The molecule has 1 amide bonds. The van der Waals surface area contributed by atoms with Crippen molar-refractivity contribution < 1.29 is 13.2 Å². The molecule has 0 aliphatic heterocycles. The van der Waals surface area contributed by atoms with Crippen molar-refractivity contribution in [2.75, 3.05) is 16.2 Å². The Morgan fingerprint density at radius 2 is 1.54 bits per heavy atom. The van der Waals surface area contributed by atoms with E-state index in [0.717, 1.165) is 9.87 Å². The third-order valence-electron chi connectivity index (χ3n) is 4.16. The number of benzene rings is 3. The molecule has 0 aliphatic rings. The smallest absolute Gasteiger partial charge is 0.264 e.